The average Bonchev–Trinajstić information content (AvgIpc) is 2.10. The summed E-state index contributed by atoms with van der Waals surface area (Å²) < 4.78 is 0. The van der Waals surface area contributed by atoms with Gasteiger partial charge in [-0.15, -0.1) is 0 Å². The molecule has 3 nitrogen and oxygen atoms in total. The Bertz CT molecular complexity index is 142. The predicted molar refractivity (Wildman–Crippen MR) is 54.6 cm³/mol. The second-order valence-electron chi connectivity index (χ2n) is 4.10. The molecule has 0 aliphatic carbocycles. The van der Waals surface area contributed by atoms with E-state index in [4.69, 9.17) is 5.73 Å². The molecule has 0 amide bonds. The lowest BCUT2D eigenvalue weighted by Gasteiger charge is -2.38. The van der Waals surface area contributed by atoms with Crippen LogP contribution < -0.4 is 5.73 Å². The van der Waals surface area contributed by atoms with Gasteiger partial charge in [0, 0.05) is 13.1 Å². The first-order valence-corrected chi connectivity index (χ1v) is 5.35. The molecule has 0 radical (unpaired) electrons. The first-order valence-electron chi connectivity index (χ1n) is 5.35. The number of hydrogen-bond acceptors (Lipinski definition) is 3. The Labute approximate surface area is 80.9 Å². The smallest absolute Gasteiger partial charge is 0.0684 e. The summed E-state index contributed by atoms with van der Waals surface area (Å²) in [5, 5.41) is 10.1. The lowest BCUT2D eigenvalue weighted by molar-refractivity contribution is -0.0254. The van der Waals surface area contributed by atoms with Crippen molar-refractivity contribution in [3.05, 3.63) is 0 Å². The fourth-order valence-electron chi connectivity index (χ4n) is 2.03. The van der Waals surface area contributed by atoms with Gasteiger partial charge in [0.05, 0.1) is 5.60 Å². The Hall–Kier alpha value is -0.120. The van der Waals surface area contributed by atoms with Crippen LogP contribution in [0.2, 0.25) is 0 Å². The van der Waals surface area contributed by atoms with Crippen molar-refractivity contribution in [1.29, 1.82) is 0 Å². The van der Waals surface area contributed by atoms with Crippen molar-refractivity contribution in [2.75, 3.05) is 26.2 Å². The van der Waals surface area contributed by atoms with Gasteiger partial charge < -0.3 is 15.7 Å². The van der Waals surface area contributed by atoms with E-state index in [0.717, 1.165) is 32.4 Å². The molecule has 3 N–H and O–H groups in total. The first kappa shape index (κ1) is 11.0. The molecule has 0 atom stereocenters. The third-order valence-electron chi connectivity index (χ3n) is 2.94. The molecule has 0 aromatic carbocycles. The second kappa shape index (κ2) is 4.94. The minimum Gasteiger partial charge on any atom is -0.390 e. The van der Waals surface area contributed by atoms with E-state index in [1.807, 2.05) is 0 Å². The van der Waals surface area contributed by atoms with E-state index >= 15 is 0 Å². The van der Waals surface area contributed by atoms with Gasteiger partial charge in [-0.05, 0) is 38.8 Å². The largest absolute Gasteiger partial charge is 0.390 e. The van der Waals surface area contributed by atoms with E-state index in [9.17, 15) is 5.11 Å². The molecule has 78 valence electrons. The lowest BCUT2D eigenvalue weighted by Crippen LogP contribution is -2.45. The summed E-state index contributed by atoms with van der Waals surface area (Å²) in [4.78, 5) is 2.42. The van der Waals surface area contributed by atoms with Crippen LogP contribution in [0, 0.1) is 0 Å². The molecule has 0 spiro atoms. The number of nitrogens with two attached hydrogens (primary N) is 1. The van der Waals surface area contributed by atoms with Gasteiger partial charge in [-0.3, -0.25) is 0 Å². The summed E-state index contributed by atoms with van der Waals surface area (Å²) in [5.41, 5.74) is 5.00. The molecule has 1 aliphatic heterocycles. The Morgan fingerprint density at radius 2 is 2.00 bits per heavy atom. The van der Waals surface area contributed by atoms with Gasteiger partial charge in [0.15, 0.2) is 0 Å². The normalized spacial score (nSPS) is 23.3. The topological polar surface area (TPSA) is 49.5 Å². The van der Waals surface area contributed by atoms with Crippen LogP contribution in [0.3, 0.4) is 0 Å². The highest BCUT2D eigenvalue weighted by atomic mass is 16.3. The fourth-order valence-corrected chi connectivity index (χ4v) is 2.03. The van der Waals surface area contributed by atoms with E-state index < -0.39 is 5.60 Å². The molecule has 3 heteroatoms. The zero-order chi connectivity index (χ0) is 9.73. The number of aliphatic hydroxyl groups is 1. The molecule has 13 heavy (non-hydrogen) atoms. The van der Waals surface area contributed by atoms with Crippen LogP contribution in [0.1, 0.15) is 32.6 Å². The minimum atomic E-state index is -0.459. The maximum Gasteiger partial charge on any atom is 0.0684 e. The number of hydrogen-bond donors (Lipinski definition) is 2. The quantitative estimate of drug-likeness (QED) is 0.675. The number of piperidine rings is 1. The first-order chi connectivity index (χ1) is 6.20. The molecule has 1 heterocycles. The summed E-state index contributed by atoms with van der Waals surface area (Å²) in [7, 11) is 0. The molecule has 0 aromatic heterocycles. The maximum absolute atomic E-state index is 10.1. The summed E-state index contributed by atoms with van der Waals surface area (Å²) >= 11 is 0. The van der Waals surface area contributed by atoms with Crippen molar-refractivity contribution in [2.45, 2.75) is 38.2 Å². The second-order valence-corrected chi connectivity index (χ2v) is 4.10. The minimum absolute atomic E-state index is 0.459. The summed E-state index contributed by atoms with van der Waals surface area (Å²) in [6.45, 7) is 6.03. The Morgan fingerprint density at radius 1 is 1.38 bits per heavy atom. The van der Waals surface area contributed by atoms with Crippen LogP contribution in [0.25, 0.3) is 0 Å². The van der Waals surface area contributed by atoms with E-state index in [1.54, 1.807) is 0 Å². The van der Waals surface area contributed by atoms with E-state index in [1.165, 1.54) is 13.0 Å². The zero-order valence-electron chi connectivity index (χ0n) is 8.63. The third-order valence-corrected chi connectivity index (χ3v) is 2.94. The van der Waals surface area contributed by atoms with Crippen molar-refractivity contribution in [1.82, 2.24) is 4.90 Å². The van der Waals surface area contributed by atoms with Crippen LogP contribution in [-0.2, 0) is 0 Å². The highest BCUT2D eigenvalue weighted by molar-refractivity contribution is 4.85. The SMILES string of the molecule is CCCN1CCC(O)(CCN)CC1. The van der Waals surface area contributed by atoms with Gasteiger partial charge in [-0.2, -0.15) is 0 Å². The van der Waals surface area contributed by atoms with Crippen LogP contribution in [0.15, 0.2) is 0 Å². The van der Waals surface area contributed by atoms with Crippen LogP contribution in [0.5, 0.6) is 0 Å². The molecule has 1 aliphatic rings. The van der Waals surface area contributed by atoms with Gasteiger partial charge in [-0.1, -0.05) is 6.92 Å². The zero-order valence-corrected chi connectivity index (χ0v) is 8.63. The fraction of sp³-hybridized carbons (Fsp3) is 1.00. The standard InChI is InChI=1S/C10H22N2O/c1-2-7-12-8-4-10(13,3-6-11)5-9-12/h13H,2-9,11H2,1H3. The van der Waals surface area contributed by atoms with Gasteiger partial charge in [-0.25, -0.2) is 0 Å². The monoisotopic (exact) mass is 186 g/mol. The molecular weight excluding hydrogens is 164 g/mol. The Morgan fingerprint density at radius 3 is 2.46 bits per heavy atom. The van der Waals surface area contributed by atoms with Crippen LogP contribution in [-0.4, -0.2) is 41.8 Å². The van der Waals surface area contributed by atoms with Crippen LogP contribution >= 0.6 is 0 Å². The lowest BCUT2D eigenvalue weighted by atomic mass is 9.88. The molecule has 0 unspecified atom stereocenters. The van der Waals surface area contributed by atoms with E-state index in [0.29, 0.717) is 6.54 Å². The van der Waals surface area contributed by atoms with E-state index in [2.05, 4.69) is 11.8 Å². The van der Waals surface area contributed by atoms with Crippen LogP contribution in [0.4, 0.5) is 0 Å². The highest BCUT2D eigenvalue weighted by Gasteiger charge is 2.30. The summed E-state index contributed by atoms with van der Waals surface area (Å²) in [6, 6.07) is 0. The maximum atomic E-state index is 10.1. The molecule has 1 fully saturated rings. The van der Waals surface area contributed by atoms with E-state index in [-0.39, 0.29) is 0 Å². The molecule has 0 saturated carbocycles. The van der Waals surface area contributed by atoms with Gasteiger partial charge in [0.2, 0.25) is 0 Å². The molecule has 1 saturated heterocycles. The van der Waals surface area contributed by atoms with Gasteiger partial charge in [0.1, 0.15) is 0 Å². The molecule has 1 rings (SSSR count). The Kier molecular flexibility index (Phi) is 4.16. The summed E-state index contributed by atoms with van der Waals surface area (Å²) in [5.74, 6) is 0. The predicted octanol–water partition coefficient (Wildman–Crippen LogP) is 0.572. The van der Waals surface area contributed by atoms with Crippen molar-refractivity contribution < 1.29 is 5.11 Å². The summed E-state index contributed by atoms with van der Waals surface area (Å²) in [6.07, 6.45) is 3.75. The number of likely N-dealkylation sites (tertiary alicyclic amines) is 1. The molecule has 0 bridgehead atoms. The van der Waals surface area contributed by atoms with Gasteiger partial charge >= 0.3 is 0 Å². The van der Waals surface area contributed by atoms with Crippen molar-refractivity contribution in [3.8, 4) is 0 Å². The van der Waals surface area contributed by atoms with Crippen molar-refractivity contribution in [2.24, 2.45) is 5.73 Å². The Balaban J connectivity index is 2.28. The highest BCUT2D eigenvalue weighted by Crippen LogP contribution is 2.24. The van der Waals surface area contributed by atoms with Gasteiger partial charge in [0.25, 0.3) is 0 Å². The molecule has 0 aromatic rings. The molecular formula is C10H22N2O. The average molecular weight is 186 g/mol. The van der Waals surface area contributed by atoms with Crippen molar-refractivity contribution in [3.63, 3.8) is 0 Å². The third kappa shape index (κ3) is 3.25. The number of nitrogens with zero attached hydrogens (tertiary/aromatic N) is 1. The van der Waals surface area contributed by atoms with Crippen molar-refractivity contribution >= 4 is 0 Å². The number of rotatable bonds is 4.